The van der Waals surface area contributed by atoms with Crippen LogP contribution in [0.2, 0.25) is 5.02 Å². The summed E-state index contributed by atoms with van der Waals surface area (Å²) in [6, 6.07) is 7.63. The molecule has 0 aliphatic carbocycles. The number of carbonyl (C=O) groups is 1. The minimum atomic E-state index is 0. The Hall–Kier alpha value is -1.81. The Bertz CT molecular complexity index is 849. The molecular formula is C21H29ClIN5O2. The number of rotatable bonds is 6. The third-order valence-electron chi connectivity index (χ3n) is 5.04. The topological polar surface area (TPSA) is 74.0 Å². The molecular weight excluding hydrogens is 517 g/mol. The summed E-state index contributed by atoms with van der Waals surface area (Å²) in [5.74, 6) is 1.72. The number of aryl methyl sites for hydroxylation is 2. The second-order valence-electron chi connectivity index (χ2n) is 7.15. The number of amides is 1. The van der Waals surface area contributed by atoms with E-state index in [0.29, 0.717) is 31.2 Å². The number of carbonyl (C=O) groups excluding carboxylic acids is 1. The first-order chi connectivity index (χ1) is 14.0. The largest absolute Gasteiger partial charge is 0.361 e. The number of aromatic nitrogens is 1. The lowest BCUT2D eigenvalue weighted by atomic mass is 10.1. The third-order valence-corrected chi connectivity index (χ3v) is 5.30. The van der Waals surface area contributed by atoms with Crippen LogP contribution in [0.1, 0.15) is 29.5 Å². The summed E-state index contributed by atoms with van der Waals surface area (Å²) in [7, 11) is 0. The highest BCUT2D eigenvalue weighted by atomic mass is 127. The number of benzene rings is 1. The number of hydrogen-bond donors (Lipinski definition) is 1. The van der Waals surface area contributed by atoms with Crippen molar-refractivity contribution in [1.82, 2.24) is 20.3 Å². The summed E-state index contributed by atoms with van der Waals surface area (Å²) in [5.41, 5.74) is 3.10. The quantitative estimate of drug-likeness (QED) is 0.342. The number of nitrogens with one attached hydrogen (secondary N) is 1. The normalized spacial score (nSPS) is 14.7. The van der Waals surface area contributed by atoms with Gasteiger partial charge in [-0.15, -0.1) is 24.0 Å². The van der Waals surface area contributed by atoms with Crippen molar-refractivity contribution in [3.05, 3.63) is 51.9 Å². The van der Waals surface area contributed by atoms with Gasteiger partial charge in [-0.2, -0.15) is 0 Å². The third kappa shape index (κ3) is 6.34. The SMILES string of the molecule is CCNC(=NCCc1c(C)noc1C)N1CCN(Cc2ccc(Cl)cc2)C(=O)C1.I. The molecule has 0 bridgehead atoms. The Morgan fingerprint density at radius 2 is 2.00 bits per heavy atom. The van der Waals surface area contributed by atoms with Crippen LogP contribution in [0.25, 0.3) is 0 Å². The van der Waals surface area contributed by atoms with Crippen molar-refractivity contribution in [2.45, 2.75) is 33.7 Å². The zero-order valence-electron chi connectivity index (χ0n) is 17.7. The molecule has 9 heteroatoms. The second-order valence-corrected chi connectivity index (χ2v) is 7.59. The fourth-order valence-electron chi connectivity index (χ4n) is 3.42. The molecule has 1 aromatic carbocycles. The first-order valence-electron chi connectivity index (χ1n) is 9.95. The van der Waals surface area contributed by atoms with Gasteiger partial charge in [0.15, 0.2) is 5.96 Å². The predicted molar refractivity (Wildman–Crippen MR) is 130 cm³/mol. The van der Waals surface area contributed by atoms with Gasteiger partial charge in [0.1, 0.15) is 5.76 Å². The minimum absolute atomic E-state index is 0. The van der Waals surface area contributed by atoms with Crippen molar-refractivity contribution in [2.24, 2.45) is 4.99 Å². The van der Waals surface area contributed by atoms with Gasteiger partial charge >= 0.3 is 0 Å². The predicted octanol–water partition coefficient (Wildman–Crippen LogP) is 3.42. The van der Waals surface area contributed by atoms with Crippen molar-refractivity contribution in [3.8, 4) is 0 Å². The van der Waals surface area contributed by atoms with Crippen molar-refractivity contribution in [1.29, 1.82) is 0 Å². The van der Waals surface area contributed by atoms with Crippen LogP contribution in [0.4, 0.5) is 0 Å². The number of guanidine groups is 1. The molecule has 1 fully saturated rings. The van der Waals surface area contributed by atoms with E-state index in [2.05, 4.69) is 10.5 Å². The zero-order chi connectivity index (χ0) is 20.8. The fourth-order valence-corrected chi connectivity index (χ4v) is 3.55. The lowest BCUT2D eigenvalue weighted by Crippen LogP contribution is -2.55. The van der Waals surface area contributed by atoms with Crippen LogP contribution >= 0.6 is 35.6 Å². The highest BCUT2D eigenvalue weighted by Crippen LogP contribution is 2.15. The molecule has 1 aromatic heterocycles. The standard InChI is InChI=1S/C21H28ClN5O2.HI/c1-4-23-21(24-10-9-19-15(2)25-29-16(19)3)27-12-11-26(20(28)14-27)13-17-5-7-18(22)8-6-17;/h5-8H,4,9-14H2,1-3H3,(H,23,24);1H. The molecule has 0 spiro atoms. The lowest BCUT2D eigenvalue weighted by molar-refractivity contribution is -0.135. The molecule has 0 atom stereocenters. The van der Waals surface area contributed by atoms with Crippen molar-refractivity contribution in [3.63, 3.8) is 0 Å². The molecule has 30 heavy (non-hydrogen) atoms. The molecule has 0 radical (unpaired) electrons. The molecule has 1 saturated heterocycles. The van der Waals surface area contributed by atoms with E-state index in [1.54, 1.807) is 0 Å². The maximum atomic E-state index is 12.7. The number of halogens is 2. The van der Waals surface area contributed by atoms with Crippen LogP contribution in [0.5, 0.6) is 0 Å². The molecule has 164 valence electrons. The van der Waals surface area contributed by atoms with Crippen molar-refractivity contribution < 1.29 is 9.32 Å². The Morgan fingerprint density at radius 3 is 2.60 bits per heavy atom. The van der Waals surface area contributed by atoms with E-state index in [1.807, 2.05) is 54.8 Å². The number of piperazine rings is 1. The average molecular weight is 546 g/mol. The molecule has 0 unspecified atom stereocenters. The Morgan fingerprint density at radius 1 is 1.27 bits per heavy atom. The molecule has 2 aromatic rings. The number of nitrogens with zero attached hydrogens (tertiary/aromatic N) is 4. The molecule has 7 nitrogen and oxygen atoms in total. The van der Waals surface area contributed by atoms with Gasteiger partial charge in [-0.05, 0) is 44.9 Å². The smallest absolute Gasteiger partial charge is 0.242 e. The summed E-state index contributed by atoms with van der Waals surface area (Å²) in [5, 5.41) is 8.00. The summed E-state index contributed by atoms with van der Waals surface area (Å²) in [6.07, 6.45) is 0.764. The van der Waals surface area contributed by atoms with E-state index in [4.69, 9.17) is 21.1 Å². The van der Waals surface area contributed by atoms with Crippen LogP contribution < -0.4 is 5.32 Å². The van der Waals surface area contributed by atoms with Gasteiger partial charge in [0.05, 0.1) is 12.2 Å². The van der Waals surface area contributed by atoms with Gasteiger partial charge in [0.2, 0.25) is 5.91 Å². The highest BCUT2D eigenvalue weighted by molar-refractivity contribution is 14.0. The maximum Gasteiger partial charge on any atom is 0.242 e. The molecule has 3 rings (SSSR count). The minimum Gasteiger partial charge on any atom is -0.361 e. The van der Waals surface area contributed by atoms with E-state index in [0.717, 1.165) is 48.1 Å². The first-order valence-corrected chi connectivity index (χ1v) is 10.3. The van der Waals surface area contributed by atoms with Crippen LogP contribution in [-0.2, 0) is 17.8 Å². The molecule has 1 aliphatic heterocycles. The molecule has 1 aliphatic rings. The van der Waals surface area contributed by atoms with Gasteiger partial charge < -0.3 is 19.6 Å². The summed E-state index contributed by atoms with van der Waals surface area (Å²) < 4.78 is 5.22. The van der Waals surface area contributed by atoms with Crippen LogP contribution in [0.3, 0.4) is 0 Å². The van der Waals surface area contributed by atoms with Gasteiger partial charge in [-0.1, -0.05) is 28.9 Å². The Kier molecular flexibility index (Phi) is 9.41. The van der Waals surface area contributed by atoms with Crippen LogP contribution in [0.15, 0.2) is 33.8 Å². The molecule has 2 heterocycles. The Labute approximate surface area is 199 Å². The second kappa shape index (κ2) is 11.5. The fraction of sp³-hybridized carbons (Fsp3) is 0.476. The van der Waals surface area contributed by atoms with E-state index < -0.39 is 0 Å². The molecule has 1 N–H and O–H groups in total. The van der Waals surface area contributed by atoms with Crippen LogP contribution in [-0.4, -0.2) is 59.5 Å². The molecule has 1 amide bonds. The van der Waals surface area contributed by atoms with E-state index in [1.165, 1.54) is 0 Å². The Balaban J connectivity index is 0.00000320. The zero-order valence-corrected chi connectivity index (χ0v) is 20.7. The summed E-state index contributed by atoms with van der Waals surface area (Å²) in [4.78, 5) is 21.3. The first kappa shape index (κ1) is 24.5. The maximum absolute atomic E-state index is 12.7. The van der Waals surface area contributed by atoms with Gasteiger partial charge in [-0.25, -0.2) is 0 Å². The van der Waals surface area contributed by atoms with E-state index in [-0.39, 0.29) is 29.9 Å². The average Bonchev–Trinajstić information content (AvgIpc) is 3.02. The lowest BCUT2D eigenvalue weighted by Gasteiger charge is -2.36. The van der Waals surface area contributed by atoms with Gasteiger partial charge in [0.25, 0.3) is 0 Å². The van der Waals surface area contributed by atoms with Crippen LogP contribution in [0, 0.1) is 13.8 Å². The van der Waals surface area contributed by atoms with Crippen molar-refractivity contribution in [2.75, 3.05) is 32.7 Å². The number of hydrogen-bond acceptors (Lipinski definition) is 4. The van der Waals surface area contributed by atoms with Gasteiger partial charge in [-0.3, -0.25) is 9.79 Å². The van der Waals surface area contributed by atoms with Crippen molar-refractivity contribution >= 4 is 47.4 Å². The summed E-state index contributed by atoms with van der Waals surface area (Å²) in [6.45, 7) is 9.60. The molecule has 0 saturated carbocycles. The number of aliphatic imine (C=N–C) groups is 1. The van der Waals surface area contributed by atoms with E-state index in [9.17, 15) is 4.79 Å². The monoisotopic (exact) mass is 545 g/mol. The van der Waals surface area contributed by atoms with E-state index >= 15 is 0 Å². The van der Waals surface area contributed by atoms with Gasteiger partial charge in [0, 0.05) is 43.3 Å². The highest BCUT2D eigenvalue weighted by Gasteiger charge is 2.26. The summed E-state index contributed by atoms with van der Waals surface area (Å²) >= 11 is 5.94.